The third-order valence-electron chi connectivity index (χ3n) is 5.26. The summed E-state index contributed by atoms with van der Waals surface area (Å²) in [6, 6.07) is 9.89. The summed E-state index contributed by atoms with van der Waals surface area (Å²) >= 11 is 0. The minimum atomic E-state index is -0.245. The monoisotopic (exact) mass is 367 g/mol. The van der Waals surface area contributed by atoms with E-state index in [-0.39, 0.29) is 42.3 Å². The molecule has 27 heavy (non-hydrogen) atoms. The summed E-state index contributed by atoms with van der Waals surface area (Å²) in [7, 11) is 0. The summed E-state index contributed by atoms with van der Waals surface area (Å²) in [5.74, 6) is 0.0267. The summed E-state index contributed by atoms with van der Waals surface area (Å²) in [4.78, 5) is 46.9. The number of hydrogen-bond donors (Lipinski definition) is 2. The molecule has 2 aliphatic rings. The van der Waals surface area contributed by atoms with E-state index in [4.69, 9.17) is 5.73 Å². The molecule has 8 nitrogen and oxygen atoms in total. The Labute approximate surface area is 156 Å². The van der Waals surface area contributed by atoms with Crippen LogP contribution in [0.5, 0.6) is 0 Å². The molecule has 0 unspecified atom stereocenters. The van der Waals surface area contributed by atoms with E-state index in [1.165, 1.54) is 0 Å². The molecule has 2 amide bonds. The molecule has 2 aromatic rings. The zero-order valence-electron chi connectivity index (χ0n) is 14.9. The second-order valence-electron chi connectivity index (χ2n) is 7.03. The fraction of sp³-hybridized carbons (Fsp3) is 0.368. The van der Waals surface area contributed by atoms with Gasteiger partial charge in [0.25, 0.3) is 5.56 Å². The average Bonchev–Trinajstić information content (AvgIpc) is 3.02. The van der Waals surface area contributed by atoms with Crippen molar-refractivity contribution in [3.05, 3.63) is 57.5 Å². The van der Waals surface area contributed by atoms with Crippen molar-refractivity contribution in [2.24, 2.45) is 0 Å². The zero-order valence-corrected chi connectivity index (χ0v) is 14.9. The lowest BCUT2D eigenvalue weighted by molar-refractivity contribution is -0.139. The molecule has 0 saturated carbocycles. The summed E-state index contributed by atoms with van der Waals surface area (Å²) in [5.41, 5.74) is 7.59. The molecule has 0 bridgehead atoms. The van der Waals surface area contributed by atoms with Crippen LogP contribution in [0.3, 0.4) is 0 Å². The van der Waals surface area contributed by atoms with Gasteiger partial charge in [-0.25, -0.2) is 4.98 Å². The maximum atomic E-state index is 12.7. The Kier molecular flexibility index (Phi) is 4.39. The summed E-state index contributed by atoms with van der Waals surface area (Å²) in [5, 5.41) is 0. The minimum Gasteiger partial charge on any atom is -0.369 e. The maximum absolute atomic E-state index is 12.7. The molecule has 1 aromatic carbocycles. The van der Waals surface area contributed by atoms with Crippen LogP contribution in [0.2, 0.25) is 0 Å². The number of nitrogen functional groups attached to an aromatic ring is 1. The van der Waals surface area contributed by atoms with Gasteiger partial charge in [0.2, 0.25) is 17.8 Å². The number of amides is 2. The zero-order chi connectivity index (χ0) is 19.0. The van der Waals surface area contributed by atoms with Crippen molar-refractivity contribution in [2.75, 3.05) is 25.4 Å². The van der Waals surface area contributed by atoms with Crippen molar-refractivity contribution in [3.8, 4) is 0 Å². The average molecular weight is 367 g/mol. The van der Waals surface area contributed by atoms with E-state index in [1.54, 1.807) is 9.80 Å². The normalized spacial score (nSPS) is 19.3. The smallest absolute Gasteiger partial charge is 0.255 e. The molecule has 1 atom stereocenters. The number of aromatic amines is 1. The largest absolute Gasteiger partial charge is 0.369 e. The fourth-order valence-electron chi connectivity index (χ4n) is 3.81. The van der Waals surface area contributed by atoms with Gasteiger partial charge in [0.1, 0.15) is 0 Å². The van der Waals surface area contributed by atoms with Crippen molar-refractivity contribution in [2.45, 2.75) is 25.3 Å². The van der Waals surface area contributed by atoms with Crippen molar-refractivity contribution in [3.63, 3.8) is 0 Å². The molecule has 8 heteroatoms. The molecule has 3 N–H and O–H groups in total. The van der Waals surface area contributed by atoms with Crippen LogP contribution in [0.1, 0.15) is 29.2 Å². The van der Waals surface area contributed by atoms with E-state index >= 15 is 0 Å². The van der Waals surface area contributed by atoms with Gasteiger partial charge in [0.15, 0.2) is 0 Å². The number of likely N-dealkylation sites (tertiary alicyclic amines) is 1. The second-order valence-corrected chi connectivity index (χ2v) is 7.03. The molecule has 0 radical (unpaired) electrons. The third kappa shape index (κ3) is 3.42. The Bertz CT molecular complexity index is 940. The van der Waals surface area contributed by atoms with Gasteiger partial charge < -0.3 is 15.5 Å². The van der Waals surface area contributed by atoms with Gasteiger partial charge in [0, 0.05) is 31.0 Å². The van der Waals surface area contributed by atoms with Crippen molar-refractivity contribution in [1.29, 1.82) is 0 Å². The Hall–Kier alpha value is -3.16. The predicted molar refractivity (Wildman–Crippen MR) is 98.8 cm³/mol. The van der Waals surface area contributed by atoms with E-state index in [2.05, 4.69) is 9.97 Å². The first-order valence-corrected chi connectivity index (χ1v) is 8.99. The number of fused-ring (bicyclic) bond motifs is 1. The molecule has 0 spiro atoms. The molecule has 140 valence electrons. The molecule has 1 saturated heterocycles. The molecule has 0 aliphatic carbocycles. The highest BCUT2D eigenvalue weighted by Crippen LogP contribution is 2.28. The van der Waals surface area contributed by atoms with E-state index in [1.807, 2.05) is 30.3 Å². The Morgan fingerprint density at radius 2 is 2.04 bits per heavy atom. The van der Waals surface area contributed by atoms with Crippen molar-refractivity contribution in [1.82, 2.24) is 19.8 Å². The molecular formula is C19H21N5O3. The number of carbonyl (C=O) groups is 2. The quantitative estimate of drug-likeness (QED) is 0.808. The number of aromatic nitrogens is 2. The lowest BCUT2D eigenvalue weighted by Gasteiger charge is -2.29. The molecule has 2 aliphatic heterocycles. The van der Waals surface area contributed by atoms with Crippen LogP contribution in [0.25, 0.3) is 0 Å². The van der Waals surface area contributed by atoms with Gasteiger partial charge in [-0.1, -0.05) is 30.3 Å². The van der Waals surface area contributed by atoms with E-state index < -0.39 is 0 Å². The molecule has 3 heterocycles. The van der Waals surface area contributed by atoms with Crippen LogP contribution in [-0.2, 0) is 22.6 Å². The van der Waals surface area contributed by atoms with Gasteiger partial charge >= 0.3 is 0 Å². The first-order chi connectivity index (χ1) is 13.0. The topological polar surface area (TPSA) is 112 Å². The van der Waals surface area contributed by atoms with E-state index in [9.17, 15) is 14.4 Å². The first kappa shape index (κ1) is 17.3. The predicted octanol–water partition coefficient (Wildman–Crippen LogP) is 0.253. The first-order valence-electron chi connectivity index (χ1n) is 8.99. The third-order valence-corrected chi connectivity index (χ3v) is 5.26. The fourth-order valence-corrected chi connectivity index (χ4v) is 3.81. The van der Waals surface area contributed by atoms with Gasteiger partial charge in [-0.05, 0) is 12.0 Å². The Morgan fingerprint density at radius 3 is 2.81 bits per heavy atom. The van der Waals surface area contributed by atoms with Crippen LogP contribution in [0.15, 0.2) is 35.1 Å². The van der Waals surface area contributed by atoms with Gasteiger partial charge in [-0.2, -0.15) is 0 Å². The van der Waals surface area contributed by atoms with Crippen LogP contribution in [-0.4, -0.2) is 51.2 Å². The number of carbonyl (C=O) groups excluding carboxylic acids is 2. The maximum Gasteiger partial charge on any atom is 0.255 e. The van der Waals surface area contributed by atoms with Crippen molar-refractivity contribution < 1.29 is 9.59 Å². The molecule has 1 aromatic heterocycles. The minimum absolute atomic E-state index is 0.00609. The lowest BCUT2D eigenvalue weighted by Crippen LogP contribution is -2.44. The summed E-state index contributed by atoms with van der Waals surface area (Å²) in [6.07, 6.45) is 0.859. The summed E-state index contributed by atoms with van der Waals surface area (Å²) in [6.45, 7) is 1.27. The van der Waals surface area contributed by atoms with Gasteiger partial charge in [-0.3, -0.25) is 19.4 Å². The van der Waals surface area contributed by atoms with Crippen LogP contribution in [0.4, 0.5) is 5.95 Å². The van der Waals surface area contributed by atoms with Gasteiger partial charge in [-0.15, -0.1) is 0 Å². The SMILES string of the molecule is Nc1nc2c(c(=O)[nH]1)CCN(C(=O)CN1C[C@@H](c3ccccc3)CC1=O)C2. The second kappa shape index (κ2) is 6.86. The highest BCUT2D eigenvalue weighted by atomic mass is 16.2. The number of nitrogens with one attached hydrogen (secondary N) is 1. The van der Waals surface area contributed by atoms with E-state index in [0.717, 1.165) is 5.56 Å². The number of nitrogens with two attached hydrogens (primary N) is 1. The van der Waals surface area contributed by atoms with Crippen molar-refractivity contribution >= 4 is 17.8 Å². The van der Waals surface area contributed by atoms with E-state index in [0.29, 0.717) is 37.2 Å². The number of nitrogens with zero attached hydrogens (tertiary/aromatic N) is 3. The molecule has 4 rings (SSSR count). The highest BCUT2D eigenvalue weighted by molar-refractivity contribution is 5.86. The Morgan fingerprint density at radius 1 is 1.26 bits per heavy atom. The molecular weight excluding hydrogens is 346 g/mol. The van der Waals surface area contributed by atoms with Crippen LogP contribution in [0, 0.1) is 0 Å². The summed E-state index contributed by atoms with van der Waals surface area (Å²) < 4.78 is 0. The van der Waals surface area contributed by atoms with Crippen LogP contribution >= 0.6 is 0 Å². The number of rotatable bonds is 3. The Balaban J connectivity index is 1.42. The number of anilines is 1. The highest BCUT2D eigenvalue weighted by Gasteiger charge is 2.33. The number of hydrogen-bond acceptors (Lipinski definition) is 5. The standard InChI is InChI=1S/C19H21N5O3/c20-19-21-15-10-23(7-6-14(15)18(27)22-19)17(26)11-24-9-13(8-16(24)25)12-4-2-1-3-5-12/h1-5,13H,6-11H2,(H3,20,21,22,27)/t13-/m0/s1. The number of H-pyrrole nitrogens is 1. The van der Waals surface area contributed by atoms with Gasteiger partial charge in [0.05, 0.1) is 18.8 Å². The number of benzene rings is 1. The van der Waals surface area contributed by atoms with Crippen LogP contribution < -0.4 is 11.3 Å². The lowest BCUT2D eigenvalue weighted by atomic mass is 9.99. The molecule has 1 fully saturated rings.